The highest BCUT2D eigenvalue weighted by atomic mass is 16.1. The first-order valence-corrected chi connectivity index (χ1v) is 3.49. The predicted octanol–water partition coefficient (Wildman–Crippen LogP) is -0.102. The van der Waals surface area contributed by atoms with E-state index in [1.54, 1.807) is 4.68 Å². The number of aromatic nitrogens is 4. The summed E-state index contributed by atoms with van der Waals surface area (Å²) in [6.07, 6.45) is 3.26. The molecule has 60 valence electrons. The van der Waals surface area contributed by atoms with Crippen LogP contribution in [0.25, 0.3) is 0 Å². The normalized spacial score (nSPS) is 12.8. The van der Waals surface area contributed by atoms with Crippen molar-refractivity contribution in [2.24, 2.45) is 5.92 Å². The van der Waals surface area contributed by atoms with E-state index in [0.29, 0.717) is 6.54 Å². The molecule has 1 unspecified atom stereocenters. The number of nitrogens with zero attached hydrogens (tertiary/aromatic N) is 4. The molecular formula is C6H10N4O. The molecule has 0 spiro atoms. The zero-order valence-corrected chi connectivity index (χ0v) is 6.34. The maximum absolute atomic E-state index is 10.2. The SMILES string of the molecule is CC(C=O)CCn1cnnn1. The van der Waals surface area contributed by atoms with E-state index in [4.69, 9.17) is 0 Å². The Morgan fingerprint density at radius 2 is 2.55 bits per heavy atom. The molecule has 0 saturated heterocycles. The van der Waals surface area contributed by atoms with Crippen LogP contribution in [0.1, 0.15) is 13.3 Å². The second-order valence-corrected chi connectivity index (χ2v) is 2.47. The molecule has 0 aliphatic heterocycles. The molecule has 1 aromatic rings. The van der Waals surface area contributed by atoms with Gasteiger partial charge in [-0.05, 0) is 16.8 Å². The number of aldehydes is 1. The zero-order chi connectivity index (χ0) is 8.10. The second kappa shape index (κ2) is 3.80. The number of hydrogen-bond acceptors (Lipinski definition) is 4. The van der Waals surface area contributed by atoms with Crippen LogP contribution in [0.2, 0.25) is 0 Å². The fourth-order valence-corrected chi connectivity index (χ4v) is 0.687. The lowest BCUT2D eigenvalue weighted by atomic mass is 10.1. The smallest absolute Gasteiger partial charge is 0.138 e. The molecule has 5 heteroatoms. The molecule has 0 aromatic carbocycles. The molecule has 0 aliphatic rings. The summed E-state index contributed by atoms with van der Waals surface area (Å²) < 4.78 is 1.61. The molecule has 0 fully saturated rings. The molecule has 1 aromatic heterocycles. The fourth-order valence-electron chi connectivity index (χ4n) is 0.687. The minimum absolute atomic E-state index is 0.0826. The molecule has 0 saturated carbocycles. The summed E-state index contributed by atoms with van der Waals surface area (Å²) >= 11 is 0. The summed E-state index contributed by atoms with van der Waals surface area (Å²) in [5.74, 6) is 0.0826. The summed E-state index contributed by atoms with van der Waals surface area (Å²) in [4.78, 5) is 10.2. The van der Waals surface area contributed by atoms with Gasteiger partial charge in [0.1, 0.15) is 12.6 Å². The van der Waals surface area contributed by atoms with Crippen LogP contribution in [0.4, 0.5) is 0 Å². The van der Waals surface area contributed by atoms with E-state index in [2.05, 4.69) is 15.5 Å². The van der Waals surface area contributed by atoms with Gasteiger partial charge in [0.05, 0.1) is 0 Å². The zero-order valence-electron chi connectivity index (χ0n) is 6.34. The van der Waals surface area contributed by atoms with Crippen LogP contribution in [0.5, 0.6) is 0 Å². The van der Waals surface area contributed by atoms with E-state index >= 15 is 0 Å². The fraction of sp³-hybridized carbons (Fsp3) is 0.667. The Kier molecular flexibility index (Phi) is 2.71. The number of aryl methyl sites for hydroxylation is 1. The summed E-state index contributed by atoms with van der Waals surface area (Å²) in [7, 11) is 0. The lowest BCUT2D eigenvalue weighted by Crippen LogP contribution is -2.04. The Balaban J connectivity index is 2.28. The van der Waals surface area contributed by atoms with Gasteiger partial charge in [0.15, 0.2) is 0 Å². The summed E-state index contributed by atoms with van der Waals surface area (Å²) in [5, 5.41) is 10.6. The third kappa shape index (κ3) is 2.45. The van der Waals surface area contributed by atoms with Gasteiger partial charge in [0.2, 0.25) is 0 Å². The highest BCUT2D eigenvalue weighted by Gasteiger charge is 1.99. The minimum Gasteiger partial charge on any atom is -0.303 e. The van der Waals surface area contributed by atoms with E-state index in [9.17, 15) is 4.79 Å². The van der Waals surface area contributed by atoms with Crippen LogP contribution in [-0.4, -0.2) is 26.5 Å². The Labute approximate surface area is 64.4 Å². The van der Waals surface area contributed by atoms with Gasteiger partial charge in [-0.2, -0.15) is 0 Å². The number of tetrazole rings is 1. The van der Waals surface area contributed by atoms with Gasteiger partial charge in [0.25, 0.3) is 0 Å². The Hall–Kier alpha value is -1.26. The Morgan fingerprint density at radius 3 is 3.09 bits per heavy atom. The van der Waals surface area contributed by atoms with Gasteiger partial charge < -0.3 is 4.79 Å². The first-order chi connectivity index (χ1) is 5.33. The summed E-state index contributed by atoms with van der Waals surface area (Å²) in [6.45, 7) is 2.57. The van der Waals surface area contributed by atoms with Crippen LogP contribution in [0.3, 0.4) is 0 Å². The number of carbonyl (C=O) groups is 1. The Bertz CT molecular complexity index is 208. The first-order valence-electron chi connectivity index (χ1n) is 3.49. The molecule has 1 heterocycles. The molecule has 0 bridgehead atoms. The molecule has 1 atom stereocenters. The van der Waals surface area contributed by atoms with Crippen molar-refractivity contribution in [1.29, 1.82) is 0 Å². The van der Waals surface area contributed by atoms with Crippen molar-refractivity contribution in [1.82, 2.24) is 20.2 Å². The summed E-state index contributed by atoms with van der Waals surface area (Å²) in [5.41, 5.74) is 0. The van der Waals surface area contributed by atoms with Gasteiger partial charge in [0, 0.05) is 12.5 Å². The van der Waals surface area contributed by atoms with Crippen LogP contribution >= 0.6 is 0 Å². The van der Waals surface area contributed by atoms with Gasteiger partial charge in [-0.1, -0.05) is 6.92 Å². The summed E-state index contributed by atoms with van der Waals surface area (Å²) in [6, 6.07) is 0. The quantitative estimate of drug-likeness (QED) is 0.568. The third-order valence-electron chi connectivity index (χ3n) is 1.44. The van der Waals surface area contributed by atoms with E-state index in [-0.39, 0.29) is 5.92 Å². The molecule has 1 rings (SSSR count). The van der Waals surface area contributed by atoms with E-state index < -0.39 is 0 Å². The average Bonchev–Trinajstić information content (AvgIpc) is 2.52. The highest BCUT2D eigenvalue weighted by Crippen LogP contribution is 1.98. The highest BCUT2D eigenvalue weighted by molar-refractivity contribution is 5.52. The standard InChI is InChI=1S/C6H10N4O/c1-6(4-11)2-3-10-5-7-8-9-10/h4-6H,2-3H2,1H3. The molecule has 5 nitrogen and oxygen atoms in total. The van der Waals surface area contributed by atoms with Crippen molar-refractivity contribution in [3.05, 3.63) is 6.33 Å². The van der Waals surface area contributed by atoms with Gasteiger partial charge in [-0.3, -0.25) is 0 Å². The molecule has 0 radical (unpaired) electrons. The minimum atomic E-state index is 0.0826. The predicted molar refractivity (Wildman–Crippen MR) is 37.7 cm³/mol. The molecule has 11 heavy (non-hydrogen) atoms. The maximum atomic E-state index is 10.2. The lowest BCUT2D eigenvalue weighted by molar-refractivity contribution is -0.110. The van der Waals surface area contributed by atoms with Crippen molar-refractivity contribution < 1.29 is 4.79 Å². The van der Waals surface area contributed by atoms with Gasteiger partial charge >= 0.3 is 0 Å². The van der Waals surface area contributed by atoms with Crippen LogP contribution in [-0.2, 0) is 11.3 Å². The number of carbonyl (C=O) groups excluding carboxylic acids is 1. The topological polar surface area (TPSA) is 60.7 Å². The maximum Gasteiger partial charge on any atom is 0.138 e. The third-order valence-corrected chi connectivity index (χ3v) is 1.44. The van der Waals surface area contributed by atoms with Crippen molar-refractivity contribution in [2.75, 3.05) is 0 Å². The van der Waals surface area contributed by atoms with Crippen molar-refractivity contribution in [2.45, 2.75) is 19.9 Å². The van der Waals surface area contributed by atoms with E-state index in [1.165, 1.54) is 6.33 Å². The van der Waals surface area contributed by atoms with Crippen molar-refractivity contribution >= 4 is 6.29 Å². The molecule has 0 N–H and O–H groups in total. The first kappa shape index (κ1) is 7.84. The molecular weight excluding hydrogens is 144 g/mol. The lowest BCUT2D eigenvalue weighted by Gasteiger charge is -2.00. The van der Waals surface area contributed by atoms with Gasteiger partial charge in [-0.15, -0.1) is 5.10 Å². The van der Waals surface area contributed by atoms with Crippen LogP contribution in [0.15, 0.2) is 6.33 Å². The second-order valence-electron chi connectivity index (χ2n) is 2.47. The van der Waals surface area contributed by atoms with Crippen molar-refractivity contribution in [3.8, 4) is 0 Å². The van der Waals surface area contributed by atoms with Crippen LogP contribution < -0.4 is 0 Å². The van der Waals surface area contributed by atoms with Gasteiger partial charge in [-0.25, -0.2) is 4.68 Å². The van der Waals surface area contributed by atoms with Crippen LogP contribution in [0, 0.1) is 5.92 Å². The van der Waals surface area contributed by atoms with Crippen molar-refractivity contribution in [3.63, 3.8) is 0 Å². The monoisotopic (exact) mass is 154 g/mol. The average molecular weight is 154 g/mol. The van der Waals surface area contributed by atoms with E-state index in [0.717, 1.165) is 12.7 Å². The number of hydrogen-bond donors (Lipinski definition) is 0. The molecule has 0 aliphatic carbocycles. The Morgan fingerprint density at radius 1 is 1.73 bits per heavy atom. The molecule has 0 amide bonds. The number of rotatable bonds is 4. The largest absolute Gasteiger partial charge is 0.303 e. The van der Waals surface area contributed by atoms with E-state index in [1.807, 2.05) is 6.92 Å².